The van der Waals surface area contributed by atoms with Crippen LogP contribution >= 0.6 is 0 Å². The van der Waals surface area contributed by atoms with Crippen molar-refractivity contribution in [2.75, 3.05) is 13.2 Å². The molecular weight excluding hydrogens is 330 g/mol. The van der Waals surface area contributed by atoms with E-state index in [1.54, 1.807) is 37.3 Å². The Labute approximate surface area is 145 Å². The molecule has 0 saturated carbocycles. The SMILES string of the molecule is CCOC(=O)CC(C(N)=O)(C(=O)OCC)C(=O)OCc1ccccc1. The number of esters is 3. The van der Waals surface area contributed by atoms with Gasteiger partial charge in [0.05, 0.1) is 19.6 Å². The second-order valence-electron chi connectivity index (χ2n) is 5.03. The topological polar surface area (TPSA) is 122 Å². The van der Waals surface area contributed by atoms with Gasteiger partial charge >= 0.3 is 17.9 Å². The molecular formula is C17H21NO7. The molecule has 136 valence electrons. The summed E-state index contributed by atoms with van der Waals surface area (Å²) in [6, 6.07) is 8.62. The molecule has 0 radical (unpaired) electrons. The van der Waals surface area contributed by atoms with Gasteiger partial charge in [0, 0.05) is 0 Å². The Morgan fingerprint density at radius 1 is 0.920 bits per heavy atom. The fourth-order valence-corrected chi connectivity index (χ4v) is 2.05. The van der Waals surface area contributed by atoms with Gasteiger partial charge < -0.3 is 19.9 Å². The van der Waals surface area contributed by atoms with Crippen LogP contribution in [0.5, 0.6) is 0 Å². The van der Waals surface area contributed by atoms with Gasteiger partial charge in [-0.05, 0) is 19.4 Å². The van der Waals surface area contributed by atoms with E-state index in [9.17, 15) is 19.2 Å². The van der Waals surface area contributed by atoms with Crippen molar-refractivity contribution in [1.29, 1.82) is 0 Å². The third-order valence-corrected chi connectivity index (χ3v) is 3.32. The van der Waals surface area contributed by atoms with Gasteiger partial charge in [-0.1, -0.05) is 30.3 Å². The number of rotatable bonds is 9. The molecule has 8 heteroatoms. The minimum absolute atomic E-state index is 0.00949. The molecule has 0 fully saturated rings. The Morgan fingerprint density at radius 3 is 2.00 bits per heavy atom. The van der Waals surface area contributed by atoms with Crippen LogP contribution in [0.15, 0.2) is 30.3 Å². The molecule has 1 aromatic carbocycles. The first-order valence-corrected chi connectivity index (χ1v) is 7.72. The lowest BCUT2D eigenvalue weighted by atomic mass is 9.83. The van der Waals surface area contributed by atoms with Gasteiger partial charge in [-0.2, -0.15) is 0 Å². The smallest absolute Gasteiger partial charge is 0.334 e. The summed E-state index contributed by atoms with van der Waals surface area (Å²) < 4.78 is 14.6. The van der Waals surface area contributed by atoms with Crippen molar-refractivity contribution in [3.63, 3.8) is 0 Å². The first-order valence-electron chi connectivity index (χ1n) is 7.72. The van der Waals surface area contributed by atoms with Gasteiger partial charge in [0.15, 0.2) is 0 Å². The second-order valence-corrected chi connectivity index (χ2v) is 5.03. The van der Waals surface area contributed by atoms with Crippen molar-refractivity contribution >= 4 is 23.8 Å². The molecule has 0 bridgehead atoms. The van der Waals surface area contributed by atoms with Crippen LogP contribution in [-0.4, -0.2) is 37.0 Å². The summed E-state index contributed by atoms with van der Waals surface area (Å²) in [5, 5.41) is 0. The highest BCUT2D eigenvalue weighted by Gasteiger charge is 2.56. The Morgan fingerprint density at radius 2 is 1.48 bits per heavy atom. The predicted octanol–water partition coefficient (Wildman–Crippen LogP) is 0.718. The van der Waals surface area contributed by atoms with E-state index >= 15 is 0 Å². The standard InChI is InChI=1S/C17H21NO7/c1-3-23-13(19)10-17(14(18)20,15(21)24-4-2)16(22)25-11-12-8-6-5-7-9-12/h5-9H,3-4,10-11H2,1-2H3,(H2,18,20). The quantitative estimate of drug-likeness (QED) is 0.395. The minimum atomic E-state index is -2.59. The summed E-state index contributed by atoms with van der Waals surface area (Å²) in [5.74, 6) is -4.77. The van der Waals surface area contributed by atoms with Gasteiger partial charge in [-0.15, -0.1) is 0 Å². The Hall–Kier alpha value is -2.90. The van der Waals surface area contributed by atoms with Crippen LogP contribution in [0.1, 0.15) is 25.8 Å². The van der Waals surface area contributed by atoms with Crippen LogP contribution in [0.3, 0.4) is 0 Å². The predicted molar refractivity (Wildman–Crippen MR) is 85.7 cm³/mol. The molecule has 25 heavy (non-hydrogen) atoms. The molecule has 8 nitrogen and oxygen atoms in total. The molecule has 1 amide bonds. The van der Waals surface area contributed by atoms with Crippen LogP contribution in [0.2, 0.25) is 0 Å². The van der Waals surface area contributed by atoms with Gasteiger partial charge in [-0.25, -0.2) is 0 Å². The van der Waals surface area contributed by atoms with Crippen LogP contribution in [0, 0.1) is 5.41 Å². The van der Waals surface area contributed by atoms with E-state index in [-0.39, 0.29) is 19.8 Å². The van der Waals surface area contributed by atoms with Crippen LogP contribution < -0.4 is 5.73 Å². The summed E-state index contributed by atoms with van der Waals surface area (Å²) in [5.41, 5.74) is 3.32. The van der Waals surface area contributed by atoms with E-state index < -0.39 is 35.7 Å². The van der Waals surface area contributed by atoms with E-state index in [0.717, 1.165) is 0 Å². The fraction of sp³-hybridized carbons (Fsp3) is 0.412. The maximum Gasteiger partial charge on any atom is 0.334 e. The van der Waals surface area contributed by atoms with Crippen molar-refractivity contribution < 1.29 is 33.4 Å². The third kappa shape index (κ3) is 5.03. The van der Waals surface area contributed by atoms with E-state index in [4.69, 9.17) is 19.9 Å². The van der Waals surface area contributed by atoms with E-state index in [0.29, 0.717) is 5.56 Å². The van der Waals surface area contributed by atoms with E-state index in [1.807, 2.05) is 0 Å². The number of hydrogen-bond donors (Lipinski definition) is 1. The molecule has 2 N–H and O–H groups in total. The Bertz CT molecular complexity index is 629. The minimum Gasteiger partial charge on any atom is -0.466 e. The number of carbonyl (C=O) groups excluding carboxylic acids is 4. The summed E-state index contributed by atoms with van der Waals surface area (Å²) in [7, 11) is 0. The summed E-state index contributed by atoms with van der Waals surface area (Å²) >= 11 is 0. The van der Waals surface area contributed by atoms with Crippen molar-refractivity contribution in [1.82, 2.24) is 0 Å². The molecule has 1 atom stereocenters. The van der Waals surface area contributed by atoms with Gasteiger partial charge in [0.2, 0.25) is 5.91 Å². The monoisotopic (exact) mass is 351 g/mol. The first-order chi connectivity index (χ1) is 11.9. The number of nitrogens with two attached hydrogens (primary N) is 1. The molecule has 0 aliphatic carbocycles. The largest absolute Gasteiger partial charge is 0.466 e. The van der Waals surface area contributed by atoms with Crippen molar-refractivity contribution in [3.8, 4) is 0 Å². The van der Waals surface area contributed by atoms with Crippen molar-refractivity contribution in [3.05, 3.63) is 35.9 Å². The Kier molecular flexibility index (Phi) is 7.58. The lowest BCUT2D eigenvalue weighted by Crippen LogP contribution is -2.53. The zero-order valence-corrected chi connectivity index (χ0v) is 14.2. The van der Waals surface area contributed by atoms with Crippen molar-refractivity contribution in [2.24, 2.45) is 11.1 Å². The van der Waals surface area contributed by atoms with E-state index in [1.165, 1.54) is 6.92 Å². The zero-order chi connectivity index (χ0) is 18.9. The molecule has 0 aliphatic rings. The summed E-state index contributed by atoms with van der Waals surface area (Å²) in [4.78, 5) is 48.5. The molecule has 0 saturated heterocycles. The number of ether oxygens (including phenoxy) is 3. The third-order valence-electron chi connectivity index (χ3n) is 3.32. The molecule has 0 aliphatic heterocycles. The highest BCUT2D eigenvalue weighted by molar-refractivity contribution is 6.20. The van der Waals surface area contributed by atoms with Crippen LogP contribution in [0.4, 0.5) is 0 Å². The number of amides is 1. The maximum atomic E-state index is 12.5. The number of benzene rings is 1. The fourth-order valence-electron chi connectivity index (χ4n) is 2.05. The van der Waals surface area contributed by atoms with Gasteiger partial charge in [0.25, 0.3) is 5.41 Å². The lowest BCUT2D eigenvalue weighted by Gasteiger charge is -2.25. The Balaban J connectivity index is 3.08. The number of carbonyl (C=O) groups is 4. The molecule has 1 aromatic rings. The molecule has 0 spiro atoms. The average Bonchev–Trinajstić information content (AvgIpc) is 2.58. The summed E-state index contributed by atoms with van der Waals surface area (Å²) in [6.07, 6.45) is -0.886. The zero-order valence-electron chi connectivity index (χ0n) is 14.2. The van der Waals surface area contributed by atoms with Crippen molar-refractivity contribution in [2.45, 2.75) is 26.9 Å². The number of hydrogen-bond acceptors (Lipinski definition) is 7. The lowest BCUT2D eigenvalue weighted by molar-refractivity contribution is -0.180. The molecule has 0 aromatic heterocycles. The highest BCUT2D eigenvalue weighted by Crippen LogP contribution is 2.27. The van der Waals surface area contributed by atoms with Gasteiger partial charge in [-0.3, -0.25) is 19.2 Å². The molecule has 1 unspecified atom stereocenters. The summed E-state index contributed by atoms with van der Waals surface area (Å²) in [6.45, 7) is 2.74. The second kappa shape index (κ2) is 9.41. The van der Waals surface area contributed by atoms with Gasteiger partial charge in [0.1, 0.15) is 6.61 Å². The molecule has 0 heterocycles. The maximum absolute atomic E-state index is 12.5. The van der Waals surface area contributed by atoms with Crippen LogP contribution in [0.25, 0.3) is 0 Å². The van der Waals surface area contributed by atoms with E-state index in [2.05, 4.69) is 0 Å². The average molecular weight is 351 g/mol. The number of primary amides is 1. The first kappa shape index (κ1) is 20.1. The van der Waals surface area contributed by atoms with Crippen LogP contribution in [-0.2, 0) is 40.0 Å². The molecule has 1 rings (SSSR count). The highest BCUT2D eigenvalue weighted by atomic mass is 16.6. The normalized spacial score (nSPS) is 12.6.